The average Bonchev–Trinajstić information content (AvgIpc) is 1.94. The number of halogens is 2. The zero-order chi connectivity index (χ0) is 8.43. The van der Waals surface area contributed by atoms with Crippen molar-refractivity contribution in [2.24, 2.45) is 5.73 Å². The second-order valence-electron chi connectivity index (χ2n) is 2.40. The van der Waals surface area contributed by atoms with Crippen LogP contribution in [0.5, 0.6) is 0 Å². The van der Waals surface area contributed by atoms with Gasteiger partial charge in [0.2, 0.25) is 0 Å². The number of hydrogen-bond acceptors (Lipinski definition) is 1. The van der Waals surface area contributed by atoms with E-state index in [9.17, 15) is 0 Å². The molecule has 0 heterocycles. The quantitative estimate of drug-likeness (QED) is 0.583. The first-order valence-corrected chi connectivity index (χ1v) is 4.01. The molecule has 3 N–H and O–H groups in total. The maximum Gasteiger partial charge on any atom is 0.123 e. The first kappa shape index (κ1) is 11.5. The molecule has 0 aliphatic carbocycles. The molecule has 4 heteroatoms. The number of nitrogens with one attached hydrogen (secondary N) is 1. The molecule has 0 spiro atoms. The van der Waals surface area contributed by atoms with Gasteiger partial charge in [-0.05, 0) is 19.1 Å². The van der Waals surface area contributed by atoms with Gasteiger partial charge in [-0.1, -0.05) is 27.6 Å². The van der Waals surface area contributed by atoms with E-state index < -0.39 is 0 Å². The molecule has 66 valence electrons. The number of nitrogens with two attached hydrogens (primary N) is 1. The van der Waals surface area contributed by atoms with Gasteiger partial charge >= 0.3 is 0 Å². The lowest BCUT2D eigenvalue weighted by Crippen LogP contribution is -2.11. The fourth-order valence-electron chi connectivity index (χ4n) is 0.846. The molecule has 12 heavy (non-hydrogen) atoms. The zero-order valence-corrected chi connectivity index (χ0v) is 9.00. The highest BCUT2D eigenvalue weighted by atomic mass is 79.9. The maximum atomic E-state index is 7.22. The number of aryl methyl sites for hydroxylation is 1. The number of benzene rings is 1. The Morgan fingerprint density at radius 1 is 1.50 bits per heavy atom. The summed E-state index contributed by atoms with van der Waals surface area (Å²) >= 11 is 3.31. The minimum absolute atomic E-state index is 0. The van der Waals surface area contributed by atoms with E-state index in [-0.39, 0.29) is 18.2 Å². The summed E-state index contributed by atoms with van der Waals surface area (Å²) in [6.45, 7) is 1.97. The van der Waals surface area contributed by atoms with E-state index in [0.717, 1.165) is 15.6 Å². The molecule has 0 saturated heterocycles. The van der Waals surface area contributed by atoms with Crippen LogP contribution in [0.25, 0.3) is 0 Å². The van der Waals surface area contributed by atoms with Gasteiger partial charge in [-0.2, -0.15) is 0 Å². The van der Waals surface area contributed by atoms with Gasteiger partial charge in [-0.25, -0.2) is 0 Å². The molecule has 0 unspecified atom stereocenters. The largest absolute Gasteiger partial charge is 0.384 e. The lowest BCUT2D eigenvalue weighted by Gasteiger charge is -2.02. The third-order valence-corrected chi connectivity index (χ3v) is 2.10. The van der Waals surface area contributed by atoms with Crippen molar-refractivity contribution in [3.63, 3.8) is 0 Å². The Balaban J connectivity index is 0.00000121. The minimum atomic E-state index is 0. The zero-order valence-electron chi connectivity index (χ0n) is 6.60. The number of amidine groups is 1. The number of nitrogen functional groups attached to an aromatic ring is 1. The van der Waals surface area contributed by atoms with Gasteiger partial charge in [0.25, 0.3) is 0 Å². The number of rotatable bonds is 1. The van der Waals surface area contributed by atoms with Crippen LogP contribution in [0.1, 0.15) is 11.1 Å². The molecule has 0 saturated carbocycles. The molecule has 0 amide bonds. The van der Waals surface area contributed by atoms with Crippen LogP contribution >= 0.6 is 28.3 Å². The molecule has 1 rings (SSSR count). The van der Waals surface area contributed by atoms with Gasteiger partial charge in [-0.15, -0.1) is 12.4 Å². The summed E-state index contributed by atoms with van der Waals surface area (Å²) in [5.41, 5.74) is 7.20. The highest BCUT2D eigenvalue weighted by Crippen LogP contribution is 2.16. The smallest absolute Gasteiger partial charge is 0.123 e. The molecule has 1 aromatic rings. The Kier molecular flexibility index (Phi) is 4.28. The monoisotopic (exact) mass is 248 g/mol. The van der Waals surface area contributed by atoms with Crippen LogP contribution in [0.4, 0.5) is 0 Å². The third kappa shape index (κ3) is 2.50. The highest BCUT2D eigenvalue weighted by molar-refractivity contribution is 9.10. The predicted molar refractivity (Wildman–Crippen MR) is 57.1 cm³/mol. The van der Waals surface area contributed by atoms with Gasteiger partial charge in [0.05, 0.1) is 0 Å². The van der Waals surface area contributed by atoms with E-state index in [2.05, 4.69) is 15.9 Å². The Morgan fingerprint density at radius 2 is 2.08 bits per heavy atom. The maximum absolute atomic E-state index is 7.22. The van der Waals surface area contributed by atoms with Crippen LogP contribution < -0.4 is 5.73 Å². The third-order valence-electron chi connectivity index (χ3n) is 1.41. The average molecular weight is 250 g/mol. The Morgan fingerprint density at radius 3 is 2.50 bits per heavy atom. The Hall–Kier alpha value is -0.540. The Bertz CT molecular complexity index is 299. The second-order valence-corrected chi connectivity index (χ2v) is 3.25. The van der Waals surface area contributed by atoms with Crippen molar-refractivity contribution in [3.05, 3.63) is 33.8 Å². The first-order chi connectivity index (χ1) is 5.11. The molecule has 2 nitrogen and oxygen atoms in total. The summed E-state index contributed by atoms with van der Waals surface area (Å²) in [4.78, 5) is 0. The first-order valence-electron chi connectivity index (χ1n) is 3.22. The lowest BCUT2D eigenvalue weighted by atomic mass is 10.1. The van der Waals surface area contributed by atoms with Crippen molar-refractivity contribution < 1.29 is 0 Å². The lowest BCUT2D eigenvalue weighted by molar-refractivity contribution is 1.37. The van der Waals surface area contributed by atoms with Gasteiger partial charge in [0.15, 0.2) is 0 Å². The van der Waals surface area contributed by atoms with Crippen molar-refractivity contribution in [2.75, 3.05) is 0 Å². The molecule has 0 bridgehead atoms. The standard InChI is InChI=1S/C8H9BrN2.ClH/c1-5-2-3-7(9)6(4-5)8(10)11;/h2-4H,1H3,(H3,10,11);1H. The van der Waals surface area contributed by atoms with Gasteiger partial charge < -0.3 is 5.73 Å². The van der Waals surface area contributed by atoms with Crippen LogP contribution in [0.2, 0.25) is 0 Å². The van der Waals surface area contributed by atoms with Crippen LogP contribution in [-0.4, -0.2) is 5.84 Å². The van der Waals surface area contributed by atoms with E-state index >= 15 is 0 Å². The summed E-state index contributed by atoms with van der Waals surface area (Å²) in [6.07, 6.45) is 0. The molecule has 0 aliphatic rings. The van der Waals surface area contributed by atoms with E-state index in [4.69, 9.17) is 11.1 Å². The van der Waals surface area contributed by atoms with Crippen LogP contribution in [-0.2, 0) is 0 Å². The summed E-state index contributed by atoms with van der Waals surface area (Å²) in [6, 6.07) is 5.75. The van der Waals surface area contributed by atoms with Gasteiger partial charge in [0, 0.05) is 10.0 Å². The minimum Gasteiger partial charge on any atom is -0.384 e. The van der Waals surface area contributed by atoms with E-state index in [1.165, 1.54) is 0 Å². The summed E-state index contributed by atoms with van der Waals surface area (Å²) in [5.74, 6) is 0.0978. The molecule has 0 atom stereocenters. The van der Waals surface area contributed by atoms with E-state index in [0.29, 0.717) is 0 Å². The fraction of sp³-hybridized carbons (Fsp3) is 0.125. The summed E-state index contributed by atoms with van der Waals surface area (Å²) in [5, 5.41) is 7.22. The molecule has 0 radical (unpaired) electrons. The molecule has 1 aromatic carbocycles. The molecule has 0 fully saturated rings. The van der Waals surface area contributed by atoms with Crippen molar-refractivity contribution in [3.8, 4) is 0 Å². The molecular formula is C8H10BrClN2. The topological polar surface area (TPSA) is 49.9 Å². The summed E-state index contributed by atoms with van der Waals surface area (Å²) in [7, 11) is 0. The van der Waals surface area contributed by atoms with Crippen molar-refractivity contribution in [1.29, 1.82) is 5.41 Å². The van der Waals surface area contributed by atoms with Crippen LogP contribution in [0.15, 0.2) is 22.7 Å². The normalized spacial score (nSPS) is 8.83. The van der Waals surface area contributed by atoms with Crippen molar-refractivity contribution in [1.82, 2.24) is 0 Å². The SMILES string of the molecule is Cc1ccc(Br)c(C(=N)N)c1.Cl. The number of hydrogen-bond donors (Lipinski definition) is 2. The molecular weight excluding hydrogens is 239 g/mol. The van der Waals surface area contributed by atoms with Crippen molar-refractivity contribution >= 4 is 34.2 Å². The fourth-order valence-corrected chi connectivity index (χ4v) is 1.31. The van der Waals surface area contributed by atoms with E-state index in [1.54, 1.807) is 0 Å². The van der Waals surface area contributed by atoms with Crippen LogP contribution in [0, 0.1) is 12.3 Å². The summed E-state index contributed by atoms with van der Waals surface area (Å²) < 4.78 is 0.871. The van der Waals surface area contributed by atoms with Gasteiger partial charge in [-0.3, -0.25) is 5.41 Å². The van der Waals surface area contributed by atoms with Crippen LogP contribution in [0.3, 0.4) is 0 Å². The Labute approximate surface area is 86.2 Å². The molecule has 0 aromatic heterocycles. The highest BCUT2D eigenvalue weighted by Gasteiger charge is 2.01. The predicted octanol–water partition coefficient (Wildman–Crippen LogP) is 2.46. The van der Waals surface area contributed by atoms with Crippen molar-refractivity contribution in [2.45, 2.75) is 6.92 Å². The molecule has 0 aliphatic heterocycles. The van der Waals surface area contributed by atoms with E-state index in [1.807, 2.05) is 25.1 Å². The second kappa shape index (κ2) is 4.48. The van der Waals surface area contributed by atoms with Gasteiger partial charge in [0.1, 0.15) is 5.84 Å².